The Balaban J connectivity index is 1.20. The molecule has 2 saturated heterocycles. The van der Waals surface area contributed by atoms with Crippen molar-refractivity contribution >= 4 is 35.4 Å². The van der Waals surface area contributed by atoms with E-state index in [1.807, 2.05) is 35.2 Å². The van der Waals surface area contributed by atoms with Gasteiger partial charge in [0.1, 0.15) is 11.6 Å². The molecule has 3 fully saturated rings. The van der Waals surface area contributed by atoms with E-state index in [0.29, 0.717) is 56.3 Å². The van der Waals surface area contributed by atoms with Crippen LogP contribution in [0.25, 0.3) is 0 Å². The quantitative estimate of drug-likeness (QED) is 0.338. The minimum atomic E-state index is -0.919. The molecule has 0 radical (unpaired) electrons. The maximum Gasteiger partial charge on any atom is 0.325 e. The number of nitrogens with zero attached hydrogens (tertiary/aromatic N) is 2. The first-order valence-electron chi connectivity index (χ1n) is 17.3. The molecule has 0 bridgehead atoms. The van der Waals surface area contributed by atoms with Crippen LogP contribution in [0.5, 0.6) is 0 Å². The summed E-state index contributed by atoms with van der Waals surface area (Å²) in [5.74, 6) is -0.553. The topological polar surface area (TPSA) is 125 Å². The van der Waals surface area contributed by atoms with Crippen molar-refractivity contribution in [1.29, 1.82) is 0 Å². The lowest BCUT2D eigenvalue weighted by atomic mass is 9.63. The number of imide groups is 1. The lowest BCUT2D eigenvalue weighted by molar-refractivity contribution is -0.141. The molecule has 2 heterocycles. The van der Waals surface area contributed by atoms with Gasteiger partial charge in [0, 0.05) is 37.1 Å². The number of urea groups is 1. The standard InChI is InChI=1S/C37H48ClN5O4/c1-36(2)34(46)43(35(47)41-36)23-37(26-9-4-3-5-10-26)18-20-42(21-19-37)33(45)30(22-24-12-15-27(38)16-13-24)40-32(44)29-17-14-25-8-6-7-11-28(25)31(29)39/h6-8,11-13,15-16,26,29-31H,3-5,9-10,14,17-23,39H2,1-2H3,(H,40,44)(H,41,47)/t29-,30-,31+/m1/s1. The fourth-order valence-corrected chi connectivity index (χ4v) is 8.63. The number of amides is 5. The van der Waals surface area contributed by atoms with Crippen LogP contribution in [-0.2, 0) is 27.2 Å². The van der Waals surface area contributed by atoms with E-state index in [0.717, 1.165) is 43.2 Å². The van der Waals surface area contributed by atoms with Gasteiger partial charge in [-0.25, -0.2) is 4.79 Å². The number of rotatable bonds is 8. The second-order valence-corrected chi connectivity index (χ2v) is 15.2. The second-order valence-electron chi connectivity index (χ2n) is 14.7. The zero-order chi connectivity index (χ0) is 33.3. The summed E-state index contributed by atoms with van der Waals surface area (Å²) in [5.41, 5.74) is 8.53. The Labute approximate surface area is 282 Å². The van der Waals surface area contributed by atoms with Gasteiger partial charge in [-0.15, -0.1) is 0 Å². The van der Waals surface area contributed by atoms with Gasteiger partial charge in [-0.05, 0) is 92.5 Å². The highest BCUT2D eigenvalue weighted by molar-refractivity contribution is 6.30. The molecule has 47 heavy (non-hydrogen) atoms. The number of halogens is 1. The minimum Gasteiger partial charge on any atom is -0.344 e. The monoisotopic (exact) mass is 661 g/mol. The normalized spacial score (nSPS) is 24.8. The van der Waals surface area contributed by atoms with Gasteiger partial charge in [-0.3, -0.25) is 19.3 Å². The van der Waals surface area contributed by atoms with E-state index in [4.69, 9.17) is 17.3 Å². The number of benzene rings is 2. The molecule has 0 unspecified atom stereocenters. The van der Waals surface area contributed by atoms with Gasteiger partial charge in [0.05, 0.1) is 5.92 Å². The number of likely N-dealkylation sites (tertiary alicyclic amines) is 1. The Morgan fingerprint density at radius 1 is 1.00 bits per heavy atom. The Kier molecular flexibility index (Phi) is 9.68. The summed E-state index contributed by atoms with van der Waals surface area (Å²) in [4.78, 5) is 57.6. The van der Waals surface area contributed by atoms with Crippen LogP contribution in [0.15, 0.2) is 48.5 Å². The summed E-state index contributed by atoms with van der Waals surface area (Å²) in [6, 6.07) is 13.8. The van der Waals surface area contributed by atoms with Crippen molar-refractivity contribution in [3.8, 4) is 0 Å². The first kappa shape index (κ1) is 33.5. The van der Waals surface area contributed by atoms with Gasteiger partial charge in [0.25, 0.3) is 5.91 Å². The Morgan fingerprint density at radius 2 is 1.68 bits per heavy atom. The van der Waals surface area contributed by atoms with Gasteiger partial charge in [0.15, 0.2) is 0 Å². The van der Waals surface area contributed by atoms with Crippen molar-refractivity contribution < 1.29 is 19.2 Å². The van der Waals surface area contributed by atoms with E-state index in [-0.39, 0.29) is 29.2 Å². The van der Waals surface area contributed by atoms with Gasteiger partial charge >= 0.3 is 6.03 Å². The highest BCUT2D eigenvalue weighted by Crippen LogP contribution is 2.47. The predicted molar refractivity (Wildman–Crippen MR) is 181 cm³/mol. The molecule has 1 saturated carbocycles. The fourth-order valence-electron chi connectivity index (χ4n) is 8.50. The third-order valence-corrected chi connectivity index (χ3v) is 11.6. The van der Waals surface area contributed by atoms with Crippen molar-refractivity contribution in [2.24, 2.45) is 23.0 Å². The van der Waals surface area contributed by atoms with Crippen molar-refractivity contribution in [3.63, 3.8) is 0 Å². The summed E-state index contributed by atoms with van der Waals surface area (Å²) in [6.45, 7) is 4.88. The average molecular weight is 662 g/mol. The molecule has 3 atom stereocenters. The molecule has 6 rings (SSSR count). The van der Waals surface area contributed by atoms with E-state index < -0.39 is 23.5 Å². The van der Waals surface area contributed by atoms with Crippen molar-refractivity contribution in [3.05, 3.63) is 70.2 Å². The third kappa shape index (κ3) is 6.93. The van der Waals surface area contributed by atoms with Gasteiger partial charge in [0.2, 0.25) is 11.8 Å². The van der Waals surface area contributed by atoms with E-state index in [2.05, 4.69) is 16.7 Å². The van der Waals surface area contributed by atoms with Crippen LogP contribution >= 0.6 is 11.6 Å². The summed E-state index contributed by atoms with van der Waals surface area (Å²) < 4.78 is 0. The van der Waals surface area contributed by atoms with Crippen LogP contribution in [0.4, 0.5) is 4.79 Å². The summed E-state index contributed by atoms with van der Waals surface area (Å²) in [5, 5.41) is 6.57. The highest BCUT2D eigenvalue weighted by atomic mass is 35.5. The first-order valence-corrected chi connectivity index (χ1v) is 17.7. The number of piperidine rings is 1. The van der Waals surface area contributed by atoms with Gasteiger partial charge in [-0.2, -0.15) is 0 Å². The van der Waals surface area contributed by atoms with Crippen LogP contribution in [0.2, 0.25) is 5.02 Å². The van der Waals surface area contributed by atoms with E-state index in [1.165, 1.54) is 16.9 Å². The summed E-state index contributed by atoms with van der Waals surface area (Å²) in [6.07, 6.45) is 8.76. The molecule has 5 amide bonds. The van der Waals surface area contributed by atoms with Crippen LogP contribution in [0.1, 0.15) is 87.9 Å². The lowest BCUT2D eigenvalue weighted by Crippen LogP contribution is -2.57. The minimum absolute atomic E-state index is 0.119. The predicted octanol–water partition coefficient (Wildman–Crippen LogP) is 5.15. The molecule has 2 aliphatic carbocycles. The number of fused-ring (bicyclic) bond motifs is 1. The number of carbonyl (C=O) groups is 4. The molecule has 0 aromatic heterocycles. The largest absolute Gasteiger partial charge is 0.344 e. The van der Waals surface area contributed by atoms with E-state index in [1.54, 1.807) is 26.0 Å². The van der Waals surface area contributed by atoms with Crippen LogP contribution in [0.3, 0.4) is 0 Å². The smallest absolute Gasteiger partial charge is 0.325 e. The zero-order valence-corrected chi connectivity index (χ0v) is 28.4. The molecule has 4 aliphatic rings. The summed E-state index contributed by atoms with van der Waals surface area (Å²) in [7, 11) is 0. The number of nitrogens with two attached hydrogens (primary N) is 1. The number of nitrogens with one attached hydrogen (secondary N) is 2. The SMILES string of the molecule is CC1(C)NC(=O)N(CC2(C3CCCCC3)CCN(C(=O)[C@@H](Cc3ccc(Cl)cc3)NC(=O)[C@@H]3CCc4ccccc4[C@@H]3N)CC2)C1=O. The van der Waals surface area contributed by atoms with E-state index >= 15 is 0 Å². The highest BCUT2D eigenvalue weighted by Gasteiger charge is 2.51. The molecule has 9 nitrogen and oxygen atoms in total. The fraction of sp³-hybridized carbons (Fsp3) is 0.568. The second kappa shape index (κ2) is 13.6. The Hall–Kier alpha value is -3.43. The first-order chi connectivity index (χ1) is 22.5. The zero-order valence-electron chi connectivity index (χ0n) is 27.6. The number of aryl methyl sites for hydroxylation is 1. The number of hydrogen-bond acceptors (Lipinski definition) is 5. The van der Waals surface area contributed by atoms with Gasteiger partial charge < -0.3 is 21.3 Å². The van der Waals surface area contributed by atoms with Crippen molar-refractivity contribution in [1.82, 2.24) is 20.4 Å². The molecular weight excluding hydrogens is 614 g/mol. The van der Waals surface area contributed by atoms with Crippen molar-refractivity contribution in [2.75, 3.05) is 19.6 Å². The van der Waals surface area contributed by atoms with Crippen LogP contribution < -0.4 is 16.4 Å². The van der Waals surface area contributed by atoms with Crippen LogP contribution in [-0.4, -0.2) is 64.8 Å². The molecule has 10 heteroatoms. The molecular formula is C37H48ClN5O4. The molecule has 2 aliphatic heterocycles. The lowest BCUT2D eigenvalue weighted by Gasteiger charge is -2.49. The third-order valence-electron chi connectivity index (χ3n) is 11.3. The Bertz CT molecular complexity index is 1500. The molecule has 2 aromatic rings. The number of carbonyl (C=O) groups excluding carboxylic acids is 4. The van der Waals surface area contributed by atoms with E-state index in [9.17, 15) is 19.2 Å². The summed E-state index contributed by atoms with van der Waals surface area (Å²) >= 11 is 6.15. The molecule has 4 N–H and O–H groups in total. The number of hydrogen-bond donors (Lipinski definition) is 3. The van der Waals surface area contributed by atoms with Gasteiger partial charge in [-0.1, -0.05) is 67.3 Å². The molecule has 0 spiro atoms. The average Bonchev–Trinajstić information content (AvgIpc) is 3.27. The Morgan fingerprint density at radius 3 is 2.34 bits per heavy atom. The maximum atomic E-state index is 14.3. The van der Waals surface area contributed by atoms with Crippen LogP contribution in [0, 0.1) is 17.3 Å². The maximum absolute atomic E-state index is 14.3. The molecule has 2 aromatic carbocycles. The van der Waals surface area contributed by atoms with Crippen molar-refractivity contribution in [2.45, 2.75) is 95.7 Å². The molecule has 252 valence electrons.